The summed E-state index contributed by atoms with van der Waals surface area (Å²) in [7, 11) is 0. The lowest BCUT2D eigenvalue weighted by molar-refractivity contribution is -0.329. The van der Waals surface area contributed by atoms with Crippen LogP contribution in [-0.2, 0) is 115 Å². The summed E-state index contributed by atoms with van der Waals surface area (Å²) in [5, 5.41) is 177. The van der Waals surface area contributed by atoms with Gasteiger partial charge in [-0.2, -0.15) is 0 Å². The highest BCUT2D eigenvalue weighted by atomic mass is 16.7. The van der Waals surface area contributed by atoms with Gasteiger partial charge in [-0.3, -0.25) is 86.3 Å². The van der Waals surface area contributed by atoms with Gasteiger partial charge in [0.25, 0.3) is 0 Å². The SMILES string of the molecule is CC(=O)NCC(=O)N[C@@H](CCC(N)=O)C(=O)N[C@@H](CC(=O)N[C@@H]1O[C@H](CO[C@@H]2O[C@@H](C)[C@@H](O)[C@@H](O)[C@@H]2O)[C@@H](O[C@@H]2O[C@H](CO)[C@@H](O)[C@H](O)[C@H]2NC(C)=O)[C@H](O)[C@H]1NC(C)=O)C(=O)N[C@@H](CC(=O)O)C(=O)N[C@H](C(=O)N[C@@H](CO)C(=O)N[C@@H](CCC(N)=O)C(=O)N[C@H](C(=O)N[C@@H](CO)C(=O)N[C@@H](CO)C(=O)N1CCC[C@H]1C(=O)N[C@@H](CO)C(=O)O)[C@@H](C)O)C(C)C. The molecule has 4 fully saturated rings. The fourth-order valence-corrected chi connectivity index (χ4v) is 13.0. The number of hydrogen-bond donors (Lipinski definition) is 30. The van der Waals surface area contributed by atoms with Crippen molar-refractivity contribution in [2.75, 3.05) is 52.7 Å². The van der Waals surface area contributed by atoms with Gasteiger partial charge in [-0.25, -0.2) is 4.79 Å². The second kappa shape index (κ2) is 50.4. The summed E-state index contributed by atoms with van der Waals surface area (Å²) in [5.74, 6) is -26.0. The minimum atomic E-state index is -2.44. The van der Waals surface area contributed by atoms with Crippen molar-refractivity contribution in [1.82, 2.24) is 79.3 Å². The Labute approximate surface area is 710 Å². The van der Waals surface area contributed by atoms with Gasteiger partial charge < -0.3 is 186 Å². The average Bonchev–Trinajstić information content (AvgIpc) is 0.836. The molecule has 0 bridgehead atoms. The van der Waals surface area contributed by atoms with E-state index in [9.17, 15) is 163 Å². The number of aliphatic carboxylic acids is 2. The topological polar surface area (TPSA) is 877 Å². The van der Waals surface area contributed by atoms with Crippen LogP contribution in [0.5, 0.6) is 0 Å². The minimum Gasteiger partial charge on any atom is -0.481 e. The van der Waals surface area contributed by atoms with E-state index in [2.05, 4.69) is 63.8 Å². The number of carbonyl (C=O) groups is 19. The fraction of sp³-hybridized carbons (Fsp3) is 0.729. The second-order valence-corrected chi connectivity index (χ2v) is 29.9. The van der Waals surface area contributed by atoms with Gasteiger partial charge in [-0.15, -0.1) is 0 Å². The molecule has 17 amide bonds. The van der Waals surface area contributed by atoms with Crippen LogP contribution in [0.1, 0.15) is 99.8 Å². The highest BCUT2D eigenvalue weighted by Crippen LogP contribution is 2.31. The van der Waals surface area contributed by atoms with Crippen molar-refractivity contribution in [2.45, 2.75) is 264 Å². The number of ether oxygens (including phenoxy) is 5. The Bertz CT molecular complexity index is 3810. The van der Waals surface area contributed by atoms with Gasteiger partial charge in [0.15, 0.2) is 18.8 Å². The van der Waals surface area contributed by atoms with Crippen molar-refractivity contribution in [3.63, 3.8) is 0 Å². The number of amides is 17. The molecular weight excluding hydrogens is 1690 g/mol. The number of nitrogens with zero attached hydrogens (tertiary/aromatic N) is 1. The monoisotopic (exact) mass is 1800 g/mol. The van der Waals surface area contributed by atoms with E-state index >= 15 is 0 Å². The Kier molecular flexibility index (Phi) is 43.0. The van der Waals surface area contributed by atoms with E-state index in [1.54, 1.807) is 0 Å². The number of hydrogen-bond acceptors (Lipinski definition) is 36. The number of rotatable bonds is 48. The van der Waals surface area contributed by atoms with Gasteiger partial charge in [-0.05, 0) is 45.4 Å². The number of primary amides is 2. The third-order valence-electron chi connectivity index (χ3n) is 19.7. The van der Waals surface area contributed by atoms with Crippen LogP contribution in [0.3, 0.4) is 0 Å². The summed E-state index contributed by atoms with van der Waals surface area (Å²) >= 11 is 0. The van der Waals surface area contributed by atoms with Crippen molar-refractivity contribution in [3.05, 3.63) is 0 Å². The first-order valence-corrected chi connectivity index (χ1v) is 39.0. The highest BCUT2D eigenvalue weighted by molar-refractivity contribution is 6.01. The molecule has 27 atom stereocenters. The number of aliphatic hydroxyl groups is 12. The summed E-state index contributed by atoms with van der Waals surface area (Å²) in [6, 6.07) is -25.8. The number of carboxylic acids is 2. The molecule has 0 aromatic heterocycles. The maximum atomic E-state index is 14.8. The molecule has 0 aromatic rings. The Morgan fingerprint density at radius 2 is 0.952 bits per heavy atom. The van der Waals surface area contributed by atoms with Crippen LogP contribution in [-0.4, -0.2) is 406 Å². The first-order chi connectivity index (χ1) is 58.5. The third kappa shape index (κ3) is 32.0. The molecule has 0 spiro atoms. The minimum absolute atomic E-state index is 0.0233. The molecule has 0 aromatic carbocycles. The van der Waals surface area contributed by atoms with Gasteiger partial charge in [0.1, 0.15) is 133 Å². The molecule has 4 aliphatic rings. The molecule has 4 aliphatic heterocycles. The smallest absolute Gasteiger partial charge is 0.328 e. The molecule has 0 radical (unpaired) electrons. The Morgan fingerprint density at radius 1 is 0.472 bits per heavy atom. The fourth-order valence-electron chi connectivity index (χ4n) is 13.0. The molecule has 32 N–H and O–H groups in total. The van der Waals surface area contributed by atoms with E-state index in [1.807, 2.05) is 10.6 Å². The van der Waals surface area contributed by atoms with Gasteiger partial charge >= 0.3 is 11.9 Å². The van der Waals surface area contributed by atoms with Gasteiger partial charge in [0, 0.05) is 40.2 Å². The molecule has 55 nitrogen and oxygen atoms in total. The molecule has 125 heavy (non-hydrogen) atoms. The summed E-state index contributed by atoms with van der Waals surface area (Å²) < 4.78 is 29.3. The summed E-state index contributed by atoms with van der Waals surface area (Å²) in [4.78, 5) is 254. The van der Waals surface area contributed by atoms with Crippen LogP contribution >= 0.6 is 0 Å². The van der Waals surface area contributed by atoms with Crippen LogP contribution in [0.2, 0.25) is 0 Å². The van der Waals surface area contributed by atoms with E-state index < -0.39 is 367 Å². The van der Waals surface area contributed by atoms with Crippen molar-refractivity contribution in [3.8, 4) is 0 Å². The second-order valence-electron chi connectivity index (χ2n) is 29.9. The first kappa shape index (κ1) is 107. The predicted octanol–water partition coefficient (Wildman–Crippen LogP) is -18.7. The van der Waals surface area contributed by atoms with Gasteiger partial charge in [0.2, 0.25) is 100 Å². The Balaban J connectivity index is 1.67. The molecule has 0 unspecified atom stereocenters. The largest absolute Gasteiger partial charge is 0.481 e. The molecule has 55 heteroatoms. The highest BCUT2D eigenvalue weighted by Gasteiger charge is 2.54. The molecular formula is C70H113N17O38. The van der Waals surface area contributed by atoms with Gasteiger partial charge in [0.05, 0.1) is 71.2 Å². The molecule has 0 saturated carbocycles. The summed E-state index contributed by atoms with van der Waals surface area (Å²) in [5.41, 5.74) is 10.7. The van der Waals surface area contributed by atoms with Crippen LogP contribution in [0.15, 0.2) is 0 Å². The lowest BCUT2D eigenvalue weighted by Crippen LogP contribution is -2.71. The van der Waals surface area contributed by atoms with E-state index in [-0.39, 0.29) is 19.4 Å². The van der Waals surface area contributed by atoms with Crippen LogP contribution in [0.4, 0.5) is 0 Å². The lowest BCUT2D eigenvalue weighted by Gasteiger charge is -2.49. The number of nitrogens with two attached hydrogens (primary N) is 2. The summed E-state index contributed by atoms with van der Waals surface area (Å²) in [6.07, 6.45) is -32.1. The quantitative estimate of drug-likeness (QED) is 0.0269. The number of carbonyl (C=O) groups excluding carboxylic acids is 17. The molecule has 4 saturated heterocycles. The maximum Gasteiger partial charge on any atom is 0.328 e. The standard InChI is InChI=1S/C70H113N17O38/c1-24(2)46(64(116)80-34(18-88)61(113)77-31(11-13-42(72)98)58(110)86-47(25(3)93)65(117)81-35(19-89)62(114)82-36(20-90)67(118)87-14-8-9-38(87)63(115)83-37(21-91)68(119)120)85-60(112)33(16-45(101)102)79-59(111)32(78-57(109)30(10-12-41(71)97)76-44(100)17-73-27(5)94)15-43(99)84-66-48(74-28(6)95)53(106)56(40(123-66)23-121-70-55(108)54(107)50(103)26(4)122-70)125-69-49(75-29(7)96)52(105)51(104)39(22-92)124-69/h24-26,30-40,46-56,66,69-70,88-93,103-108H,8-23H2,1-7H3,(H2,71,97)(H2,72,98)(H,73,94)(H,74,95)(H,75,96)(H,76,100)(H,77,113)(H,78,109)(H,79,111)(H,80,116)(H,81,117)(H,82,114)(H,83,115)(H,84,99)(H,85,112)(H,86,110)(H,101,102)(H,119,120)/t25-,26+,30+,31+,32+,33+,34+,35+,36+,37+,38+,39-,40-,46+,47+,48-,49-,50-,51-,52-,53-,54-,55+,56-,66-,69+,70-/m1/s1. The first-order valence-electron chi connectivity index (χ1n) is 39.0. The number of likely N-dealkylation sites (tertiary alicyclic amines) is 1. The predicted molar refractivity (Wildman–Crippen MR) is 408 cm³/mol. The van der Waals surface area contributed by atoms with Crippen molar-refractivity contribution in [2.24, 2.45) is 17.4 Å². The van der Waals surface area contributed by atoms with Crippen molar-refractivity contribution in [1.29, 1.82) is 0 Å². The van der Waals surface area contributed by atoms with Crippen LogP contribution in [0, 0.1) is 5.92 Å². The van der Waals surface area contributed by atoms with Crippen LogP contribution in [0.25, 0.3) is 0 Å². The van der Waals surface area contributed by atoms with Crippen LogP contribution < -0.4 is 85.9 Å². The zero-order valence-electron chi connectivity index (χ0n) is 68.6. The number of carboxylic acid groups (broad SMARTS) is 2. The molecule has 4 rings (SSSR count). The zero-order chi connectivity index (χ0) is 94.5. The molecule has 706 valence electrons. The van der Waals surface area contributed by atoms with E-state index in [1.165, 1.54) is 20.8 Å². The van der Waals surface area contributed by atoms with E-state index in [0.29, 0.717) is 0 Å². The van der Waals surface area contributed by atoms with E-state index in [0.717, 1.165) is 32.6 Å². The van der Waals surface area contributed by atoms with Crippen molar-refractivity contribution >= 4 is 112 Å². The normalized spacial score (nSPS) is 26.1. The number of nitrogens with one attached hydrogen (secondary N) is 14. The lowest BCUT2D eigenvalue weighted by atomic mass is 9.93. The van der Waals surface area contributed by atoms with Gasteiger partial charge in [-0.1, -0.05) is 13.8 Å². The average molecular weight is 1800 g/mol. The third-order valence-corrected chi connectivity index (χ3v) is 19.7. The zero-order valence-corrected chi connectivity index (χ0v) is 68.6. The maximum absolute atomic E-state index is 14.8. The van der Waals surface area contributed by atoms with Crippen molar-refractivity contribution < 1.29 is 186 Å². The molecule has 4 heterocycles. The Morgan fingerprint density at radius 3 is 1.46 bits per heavy atom. The molecule has 0 aliphatic carbocycles. The number of aliphatic hydroxyl groups excluding tert-OH is 12. The van der Waals surface area contributed by atoms with E-state index in [4.69, 9.17) is 35.2 Å². The summed E-state index contributed by atoms with van der Waals surface area (Å²) in [6.45, 7) is -0.150. The Hall–Kier alpha value is -10.7.